The zero-order valence-electron chi connectivity index (χ0n) is 14.5. The maximum absolute atomic E-state index is 12.1. The average molecular weight is 392 g/mol. The minimum Gasteiger partial charge on any atom is -0.481 e. The predicted molar refractivity (Wildman–Crippen MR) is 88.1 cm³/mol. The lowest BCUT2D eigenvalue weighted by atomic mass is 10.1. The Labute approximate surface area is 153 Å². The second-order valence-corrected chi connectivity index (χ2v) is 5.62. The third-order valence-electron chi connectivity index (χ3n) is 3.30. The Morgan fingerprint density at radius 1 is 1.04 bits per heavy atom. The first-order valence-electron chi connectivity index (χ1n) is 7.86. The number of nitrogens with two attached hydrogens (primary N) is 1. The molecule has 0 bridgehead atoms. The Morgan fingerprint density at radius 2 is 1.63 bits per heavy atom. The Bertz CT molecular complexity index is 567. The molecule has 4 unspecified atom stereocenters. The molecule has 154 valence electrons. The van der Waals surface area contributed by atoms with E-state index >= 15 is 0 Å². The molecule has 0 heterocycles. The number of aliphatic carboxylic acids is 2. The molecule has 0 aromatic carbocycles. The monoisotopic (exact) mass is 392 g/mol. The Kier molecular flexibility index (Phi) is 10.6. The molecule has 3 amide bonds. The minimum atomic E-state index is -1.55. The van der Waals surface area contributed by atoms with Crippen LogP contribution >= 0.6 is 0 Å². The maximum atomic E-state index is 12.1. The van der Waals surface area contributed by atoms with E-state index in [1.807, 2.05) is 5.32 Å². The van der Waals surface area contributed by atoms with Crippen molar-refractivity contribution in [3.8, 4) is 0 Å². The van der Waals surface area contributed by atoms with E-state index < -0.39 is 79.9 Å². The number of carboxylic acids is 2. The normalized spacial score (nSPS) is 15.0. The minimum absolute atomic E-state index is 0.397. The van der Waals surface area contributed by atoms with Crippen LogP contribution < -0.4 is 21.7 Å². The van der Waals surface area contributed by atoms with Crippen LogP contribution in [0.3, 0.4) is 0 Å². The first-order chi connectivity index (χ1) is 12.5. The molecule has 0 aliphatic rings. The number of hydrogen-bond acceptors (Lipinski definition) is 8. The van der Waals surface area contributed by atoms with Crippen LogP contribution in [-0.2, 0) is 24.0 Å². The van der Waals surface area contributed by atoms with Crippen molar-refractivity contribution < 1.29 is 44.4 Å². The fourth-order valence-corrected chi connectivity index (χ4v) is 1.80. The Morgan fingerprint density at radius 3 is 2.07 bits per heavy atom. The molecule has 0 aromatic rings. The molecule has 0 spiro atoms. The van der Waals surface area contributed by atoms with Crippen LogP contribution in [0.15, 0.2) is 0 Å². The van der Waals surface area contributed by atoms with Crippen LogP contribution in [0.1, 0.15) is 19.8 Å². The summed E-state index contributed by atoms with van der Waals surface area (Å²) in [5.41, 5.74) is 5.24. The van der Waals surface area contributed by atoms with E-state index in [1.54, 1.807) is 0 Å². The fraction of sp³-hybridized carbons (Fsp3) is 0.643. The SMILES string of the molecule is CC(O)C(NC(=O)CNC(=O)C(N)CO)C(=O)NC(CCC(=O)O)C(=O)O. The molecule has 0 fully saturated rings. The van der Waals surface area contributed by atoms with Gasteiger partial charge in [0.1, 0.15) is 18.1 Å². The van der Waals surface area contributed by atoms with Gasteiger partial charge in [-0.3, -0.25) is 19.2 Å². The van der Waals surface area contributed by atoms with Gasteiger partial charge in [-0.2, -0.15) is 0 Å². The molecule has 0 aliphatic carbocycles. The number of aliphatic hydroxyl groups is 2. The molecule has 9 N–H and O–H groups in total. The number of carbonyl (C=O) groups excluding carboxylic acids is 3. The van der Waals surface area contributed by atoms with Crippen LogP contribution in [0.5, 0.6) is 0 Å². The zero-order chi connectivity index (χ0) is 21.1. The van der Waals surface area contributed by atoms with E-state index in [0.717, 1.165) is 6.92 Å². The van der Waals surface area contributed by atoms with Crippen molar-refractivity contribution in [3.05, 3.63) is 0 Å². The van der Waals surface area contributed by atoms with E-state index in [1.165, 1.54) is 0 Å². The first-order valence-corrected chi connectivity index (χ1v) is 7.86. The number of hydrogen-bond donors (Lipinski definition) is 8. The molecular weight excluding hydrogens is 368 g/mol. The van der Waals surface area contributed by atoms with E-state index in [4.69, 9.17) is 21.1 Å². The van der Waals surface area contributed by atoms with Crippen molar-refractivity contribution in [2.75, 3.05) is 13.2 Å². The Hall–Kier alpha value is -2.77. The third kappa shape index (κ3) is 9.48. The van der Waals surface area contributed by atoms with Gasteiger partial charge >= 0.3 is 11.9 Å². The van der Waals surface area contributed by atoms with Crippen LogP contribution in [0.25, 0.3) is 0 Å². The molecular formula is C14H24N4O9. The number of nitrogens with one attached hydrogen (secondary N) is 3. The quantitative estimate of drug-likeness (QED) is 0.159. The van der Waals surface area contributed by atoms with Crippen LogP contribution in [0.4, 0.5) is 0 Å². The fourth-order valence-electron chi connectivity index (χ4n) is 1.80. The number of rotatable bonds is 12. The summed E-state index contributed by atoms with van der Waals surface area (Å²) in [5, 5.41) is 42.2. The molecule has 0 saturated heterocycles. The van der Waals surface area contributed by atoms with Gasteiger partial charge in [0.15, 0.2) is 0 Å². The smallest absolute Gasteiger partial charge is 0.326 e. The summed E-state index contributed by atoms with van der Waals surface area (Å²) >= 11 is 0. The summed E-state index contributed by atoms with van der Waals surface area (Å²) in [5.74, 6) is -5.48. The second-order valence-electron chi connectivity index (χ2n) is 5.62. The van der Waals surface area contributed by atoms with Crippen molar-refractivity contribution in [1.82, 2.24) is 16.0 Å². The lowest BCUT2D eigenvalue weighted by Crippen LogP contribution is -2.57. The van der Waals surface area contributed by atoms with Crippen molar-refractivity contribution in [1.29, 1.82) is 0 Å². The third-order valence-corrected chi connectivity index (χ3v) is 3.30. The summed E-state index contributed by atoms with van der Waals surface area (Å²) < 4.78 is 0. The number of aliphatic hydroxyl groups excluding tert-OH is 2. The number of amides is 3. The van der Waals surface area contributed by atoms with E-state index in [0.29, 0.717) is 0 Å². The molecule has 4 atom stereocenters. The number of carboxylic acid groups (broad SMARTS) is 2. The van der Waals surface area contributed by atoms with Gasteiger partial charge in [-0.05, 0) is 13.3 Å². The van der Waals surface area contributed by atoms with Crippen LogP contribution in [0, 0.1) is 0 Å². The van der Waals surface area contributed by atoms with Crippen molar-refractivity contribution >= 4 is 29.7 Å². The molecule has 13 nitrogen and oxygen atoms in total. The Balaban J connectivity index is 4.82. The van der Waals surface area contributed by atoms with Crippen molar-refractivity contribution in [3.63, 3.8) is 0 Å². The zero-order valence-corrected chi connectivity index (χ0v) is 14.5. The molecule has 0 rings (SSSR count). The van der Waals surface area contributed by atoms with E-state index in [2.05, 4.69) is 10.6 Å². The summed E-state index contributed by atoms with van der Waals surface area (Å²) in [7, 11) is 0. The highest BCUT2D eigenvalue weighted by Gasteiger charge is 2.30. The topological polar surface area (TPSA) is 228 Å². The summed E-state index contributed by atoms with van der Waals surface area (Å²) in [6.45, 7) is -0.0821. The van der Waals surface area contributed by atoms with Gasteiger partial charge < -0.3 is 42.1 Å². The molecule has 0 radical (unpaired) electrons. The highest BCUT2D eigenvalue weighted by atomic mass is 16.4. The van der Waals surface area contributed by atoms with E-state index in [-0.39, 0.29) is 0 Å². The highest BCUT2D eigenvalue weighted by molar-refractivity contribution is 5.92. The van der Waals surface area contributed by atoms with Gasteiger partial charge in [0.05, 0.1) is 19.3 Å². The van der Waals surface area contributed by atoms with Gasteiger partial charge in [-0.1, -0.05) is 0 Å². The van der Waals surface area contributed by atoms with Gasteiger partial charge in [0, 0.05) is 6.42 Å². The molecule has 27 heavy (non-hydrogen) atoms. The summed E-state index contributed by atoms with van der Waals surface area (Å²) in [6, 6.07) is -4.32. The average Bonchev–Trinajstić information content (AvgIpc) is 2.59. The molecule has 0 aromatic heterocycles. The largest absolute Gasteiger partial charge is 0.481 e. The van der Waals surface area contributed by atoms with Crippen LogP contribution in [-0.4, -0.2) is 87.5 Å². The molecule has 0 saturated carbocycles. The van der Waals surface area contributed by atoms with Crippen LogP contribution in [0.2, 0.25) is 0 Å². The van der Waals surface area contributed by atoms with Gasteiger partial charge in [-0.15, -0.1) is 0 Å². The maximum Gasteiger partial charge on any atom is 0.326 e. The highest BCUT2D eigenvalue weighted by Crippen LogP contribution is 2.01. The van der Waals surface area contributed by atoms with Gasteiger partial charge in [-0.25, -0.2) is 4.79 Å². The lowest BCUT2D eigenvalue weighted by molar-refractivity contribution is -0.144. The predicted octanol–water partition coefficient (Wildman–Crippen LogP) is -4.28. The number of carbonyl (C=O) groups is 5. The van der Waals surface area contributed by atoms with Crippen molar-refractivity contribution in [2.45, 2.75) is 44.0 Å². The molecule has 13 heteroatoms. The van der Waals surface area contributed by atoms with Crippen molar-refractivity contribution in [2.24, 2.45) is 5.73 Å². The molecule has 0 aliphatic heterocycles. The van der Waals surface area contributed by atoms with Gasteiger partial charge in [0.25, 0.3) is 0 Å². The van der Waals surface area contributed by atoms with Gasteiger partial charge in [0.2, 0.25) is 17.7 Å². The second kappa shape index (κ2) is 11.8. The van der Waals surface area contributed by atoms with E-state index in [9.17, 15) is 29.1 Å². The summed E-state index contributed by atoms with van der Waals surface area (Å²) in [6.07, 6.45) is -2.33. The summed E-state index contributed by atoms with van der Waals surface area (Å²) in [4.78, 5) is 56.9. The standard InChI is InChI=1S/C14H24N4O9/c1-6(20)11(18-9(21)4-16-12(24)7(15)5-19)13(25)17-8(14(26)27)2-3-10(22)23/h6-8,11,19-20H,2-5,15H2,1H3,(H,16,24)(H,17,25)(H,18,21)(H,22,23)(H,26,27). The first kappa shape index (κ1) is 24.2. The lowest BCUT2D eigenvalue weighted by Gasteiger charge is -2.23.